The summed E-state index contributed by atoms with van der Waals surface area (Å²) in [5, 5.41) is 0.623. The normalized spacial score (nSPS) is 12.4. The molecule has 1 unspecified atom stereocenters. The molecule has 2 N–H and O–H groups in total. The first kappa shape index (κ1) is 13.3. The molecule has 3 nitrogen and oxygen atoms in total. The number of rotatable bonds is 5. The average molecular weight is 283 g/mol. The zero-order valence-corrected chi connectivity index (χ0v) is 11.7. The van der Waals surface area contributed by atoms with Crippen LogP contribution in [-0.4, -0.2) is 11.0 Å². The molecule has 0 aliphatic rings. The highest BCUT2D eigenvalue weighted by Crippen LogP contribution is 2.30. The minimum absolute atomic E-state index is 0.0780. The van der Waals surface area contributed by atoms with E-state index < -0.39 is 0 Å². The molecule has 0 saturated carbocycles. The van der Waals surface area contributed by atoms with Gasteiger partial charge in [0.05, 0.1) is 15.4 Å². The molecule has 0 saturated heterocycles. The Kier molecular flexibility index (Phi) is 4.58. The van der Waals surface area contributed by atoms with Crippen molar-refractivity contribution in [2.24, 2.45) is 5.73 Å². The van der Waals surface area contributed by atoms with E-state index in [2.05, 4.69) is 4.98 Å². The molecule has 5 heteroatoms. The zero-order chi connectivity index (χ0) is 13.0. The number of benzene rings is 1. The van der Waals surface area contributed by atoms with Crippen LogP contribution in [-0.2, 0) is 13.0 Å². The lowest BCUT2D eigenvalue weighted by Gasteiger charge is -2.14. The van der Waals surface area contributed by atoms with Crippen LogP contribution in [0.5, 0.6) is 5.75 Å². The van der Waals surface area contributed by atoms with Crippen LogP contribution in [0, 0.1) is 0 Å². The Morgan fingerprint density at radius 1 is 1.50 bits per heavy atom. The highest BCUT2D eigenvalue weighted by atomic mass is 35.5. The van der Waals surface area contributed by atoms with Gasteiger partial charge >= 0.3 is 0 Å². The molecular formula is C13H15ClN2OS. The predicted octanol–water partition coefficient (Wildman–Crippen LogP) is 3.27. The highest BCUT2D eigenvalue weighted by molar-refractivity contribution is 7.09. The summed E-state index contributed by atoms with van der Waals surface area (Å²) < 4.78 is 5.80. The van der Waals surface area contributed by atoms with E-state index in [0.29, 0.717) is 11.6 Å². The second-order valence-electron chi connectivity index (χ2n) is 4.17. The number of thiazole rings is 1. The molecule has 0 amide bonds. The zero-order valence-electron chi connectivity index (χ0n) is 10.1. The summed E-state index contributed by atoms with van der Waals surface area (Å²) in [7, 11) is 0. The lowest BCUT2D eigenvalue weighted by Crippen LogP contribution is -2.18. The van der Waals surface area contributed by atoms with Crippen molar-refractivity contribution in [2.75, 3.05) is 0 Å². The smallest absolute Gasteiger partial charge is 0.141 e. The minimum atomic E-state index is 0.0780. The number of aromatic nitrogens is 1. The first-order chi connectivity index (χ1) is 8.66. The number of nitrogens with zero attached hydrogens (tertiary/aromatic N) is 1. The Morgan fingerprint density at radius 2 is 2.33 bits per heavy atom. The number of halogens is 1. The second kappa shape index (κ2) is 6.18. The van der Waals surface area contributed by atoms with E-state index in [0.717, 1.165) is 22.6 Å². The van der Waals surface area contributed by atoms with E-state index in [1.165, 1.54) is 0 Å². The Morgan fingerprint density at radius 3 is 3.00 bits per heavy atom. The number of hydrogen-bond acceptors (Lipinski definition) is 4. The van der Waals surface area contributed by atoms with E-state index in [9.17, 15) is 0 Å². The molecule has 0 spiro atoms. The van der Waals surface area contributed by atoms with Crippen LogP contribution in [0.2, 0.25) is 5.02 Å². The van der Waals surface area contributed by atoms with E-state index in [1.807, 2.05) is 25.1 Å². The van der Waals surface area contributed by atoms with Gasteiger partial charge in [-0.1, -0.05) is 23.7 Å². The van der Waals surface area contributed by atoms with Crippen molar-refractivity contribution in [1.82, 2.24) is 4.98 Å². The quantitative estimate of drug-likeness (QED) is 0.916. The van der Waals surface area contributed by atoms with Crippen molar-refractivity contribution in [3.05, 3.63) is 45.4 Å². The molecule has 1 aromatic carbocycles. The molecule has 0 aliphatic heterocycles. The van der Waals surface area contributed by atoms with Crippen molar-refractivity contribution in [1.29, 1.82) is 0 Å². The minimum Gasteiger partial charge on any atom is -0.486 e. The second-order valence-corrected chi connectivity index (χ2v) is 5.54. The largest absolute Gasteiger partial charge is 0.486 e. The van der Waals surface area contributed by atoms with Gasteiger partial charge in [-0.3, -0.25) is 4.98 Å². The van der Waals surface area contributed by atoms with E-state index in [-0.39, 0.29) is 6.04 Å². The maximum absolute atomic E-state index is 6.17. The van der Waals surface area contributed by atoms with Gasteiger partial charge in [-0.25, -0.2) is 0 Å². The van der Waals surface area contributed by atoms with Crippen molar-refractivity contribution < 1.29 is 4.74 Å². The van der Waals surface area contributed by atoms with Crippen LogP contribution in [0.1, 0.15) is 17.4 Å². The first-order valence-corrected chi connectivity index (χ1v) is 6.95. The van der Waals surface area contributed by atoms with E-state index in [4.69, 9.17) is 22.1 Å². The summed E-state index contributed by atoms with van der Waals surface area (Å²) in [6, 6.07) is 5.82. The number of nitrogens with two attached hydrogens (primary N) is 1. The predicted molar refractivity (Wildman–Crippen MR) is 75.3 cm³/mol. The van der Waals surface area contributed by atoms with Gasteiger partial charge in [0.1, 0.15) is 12.4 Å². The lowest BCUT2D eigenvalue weighted by molar-refractivity contribution is 0.306. The summed E-state index contributed by atoms with van der Waals surface area (Å²) >= 11 is 7.74. The molecule has 0 bridgehead atoms. The summed E-state index contributed by atoms with van der Waals surface area (Å²) in [6.07, 6.45) is 2.55. The van der Waals surface area contributed by atoms with Crippen molar-refractivity contribution in [3.8, 4) is 5.75 Å². The third-order valence-electron chi connectivity index (χ3n) is 2.43. The summed E-state index contributed by atoms with van der Waals surface area (Å²) in [5.74, 6) is 0.727. The Bertz CT molecular complexity index is 500. The van der Waals surface area contributed by atoms with Gasteiger partial charge in [-0.15, -0.1) is 11.3 Å². The van der Waals surface area contributed by atoms with Crippen LogP contribution in [0.4, 0.5) is 0 Å². The molecule has 1 heterocycles. The van der Waals surface area contributed by atoms with Crippen LogP contribution in [0.25, 0.3) is 0 Å². The van der Waals surface area contributed by atoms with Crippen molar-refractivity contribution >= 4 is 22.9 Å². The van der Waals surface area contributed by atoms with Gasteiger partial charge in [-0.05, 0) is 25.0 Å². The third-order valence-corrected chi connectivity index (χ3v) is 3.48. The molecule has 18 heavy (non-hydrogen) atoms. The molecule has 0 aliphatic carbocycles. The number of ether oxygens (including phenoxy) is 1. The standard InChI is InChI=1S/C13H15ClN2OS/c1-9(15)5-10-3-2-4-12(14)13(10)17-7-11-6-16-8-18-11/h2-4,6,8-9H,5,7,15H2,1H3. The Hall–Kier alpha value is -1.10. The molecule has 2 rings (SSSR count). The Labute approximate surface area is 116 Å². The number of hydrogen-bond donors (Lipinski definition) is 1. The first-order valence-electron chi connectivity index (χ1n) is 5.70. The average Bonchev–Trinajstić information content (AvgIpc) is 2.80. The summed E-state index contributed by atoms with van der Waals surface area (Å²) in [5.41, 5.74) is 8.66. The maximum atomic E-state index is 6.17. The molecule has 0 fully saturated rings. The Balaban J connectivity index is 2.14. The van der Waals surface area contributed by atoms with E-state index in [1.54, 1.807) is 23.0 Å². The topological polar surface area (TPSA) is 48.1 Å². The van der Waals surface area contributed by atoms with Gasteiger partial charge in [0.2, 0.25) is 0 Å². The van der Waals surface area contributed by atoms with Crippen LogP contribution >= 0.6 is 22.9 Å². The van der Waals surface area contributed by atoms with Gasteiger partial charge in [-0.2, -0.15) is 0 Å². The molecule has 1 atom stereocenters. The van der Waals surface area contributed by atoms with Gasteiger partial charge < -0.3 is 10.5 Å². The molecular weight excluding hydrogens is 268 g/mol. The summed E-state index contributed by atoms with van der Waals surface area (Å²) in [4.78, 5) is 5.08. The molecule has 0 radical (unpaired) electrons. The van der Waals surface area contributed by atoms with Crippen LogP contribution < -0.4 is 10.5 Å². The molecule has 96 valence electrons. The maximum Gasteiger partial charge on any atom is 0.141 e. The fourth-order valence-corrected chi connectivity index (χ4v) is 2.43. The highest BCUT2D eigenvalue weighted by Gasteiger charge is 2.10. The van der Waals surface area contributed by atoms with Gasteiger partial charge in [0.25, 0.3) is 0 Å². The van der Waals surface area contributed by atoms with E-state index >= 15 is 0 Å². The monoisotopic (exact) mass is 282 g/mol. The van der Waals surface area contributed by atoms with Crippen molar-refractivity contribution in [3.63, 3.8) is 0 Å². The molecule has 1 aromatic heterocycles. The summed E-state index contributed by atoms with van der Waals surface area (Å²) in [6.45, 7) is 2.45. The van der Waals surface area contributed by atoms with Crippen LogP contribution in [0.3, 0.4) is 0 Å². The SMILES string of the molecule is CC(N)Cc1cccc(Cl)c1OCc1cncs1. The fraction of sp³-hybridized carbons (Fsp3) is 0.308. The fourth-order valence-electron chi connectivity index (χ4n) is 1.68. The van der Waals surface area contributed by atoms with Crippen LogP contribution in [0.15, 0.2) is 29.9 Å². The van der Waals surface area contributed by atoms with Crippen molar-refractivity contribution in [2.45, 2.75) is 26.0 Å². The number of para-hydroxylation sites is 1. The molecule has 2 aromatic rings. The van der Waals surface area contributed by atoms with Gasteiger partial charge in [0, 0.05) is 12.2 Å². The lowest BCUT2D eigenvalue weighted by atomic mass is 10.1. The van der Waals surface area contributed by atoms with Gasteiger partial charge in [0.15, 0.2) is 0 Å². The third kappa shape index (κ3) is 3.45.